The normalized spacial score (nSPS) is 16.1. The fraction of sp³-hybridized carbons (Fsp3) is 0.462. The molecular formula is C13H15BrN2O4. The molecule has 1 aliphatic heterocycles. The minimum Gasteiger partial charge on any atom is -0.379 e. The van der Waals surface area contributed by atoms with E-state index in [1.807, 2.05) is 0 Å². The maximum atomic E-state index is 12.1. The highest BCUT2D eigenvalue weighted by Gasteiger charge is 2.17. The fourth-order valence-electron chi connectivity index (χ4n) is 2.05. The fourth-order valence-corrected chi connectivity index (χ4v) is 2.45. The number of carbonyl (C=O) groups is 1. The lowest BCUT2D eigenvalue weighted by Gasteiger charge is -2.26. The van der Waals surface area contributed by atoms with Gasteiger partial charge in [0.15, 0.2) is 5.78 Å². The van der Waals surface area contributed by atoms with Gasteiger partial charge in [0.05, 0.1) is 22.6 Å². The molecule has 1 saturated heterocycles. The second-order valence-corrected chi connectivity index (χ2v) is 5.40. The molecule has 0 aliphatic carbocycles. The van der Waals surface area contributed by atoms with Gasteiger partial charge in [-0.2, -0.15) is 0 Å². The van der Waals surface area contributed by atoms with Crippen LogP contribution in [0.15, 0.2) is 22.7 Å². The van der Waals surface area contributed by atoms with Crippen LogP contribution in [0.4, 0.5) is 5.69 Å². The molecule has 20 heavy (non-hydrogen) atoms. The Hall–Kier alpha value is -1.31. The number of benzene rings is 1. The van der Waals surface area contributed by atoms with Crippen LogP contribution < -0.4 is 0 Å². The lowest BCUT2D eigenvalue weighted by atomic mass is 10.1. The molecule has 2 rings (SSSR count). The van der Waals surface area contributed by atoms with Crippen molar-refractivity contribution in [2.45, 2.75) is 6.42 Å². The molecule has 1 aliphatic rings. The maximum Gasteiger partial charge on any atom is 0.284 e. The number of nitro benzene ring substituents is 1. The number of nitrogens with zero attached hydrogens (tertiary/aromatic N) is 2. The number of hydrogen-bond acceptors (Lipinski definition) is 5. The van der Waals surface area contributed by atoms with Gasteiger partial charge in [0, 0.05) is 37.7 Å². The van der Waals surface area contributed by atoms with E-state index in [0.29, 0.717) is 36.2 Å². The lowest BCUT2D eigenvalue weighted by Crippen LogP contribution is -2.37. The summed E-state index contributed by atoms with van der Waals surface area (Å²) in [7, 11) is 0. The first-order chi connectivity index (χ1) is 9.58. The molecule has 0 spiro atoms. The molecule has 0 N–H and O–H groups in total. The predicted molar refractivity (Wildman–Crippen MR) is 77.0 cm³/mol. The molecule has 0 saturated carbocycles. The summed E-state index contributed by atoms with van der Waals surface area (Å²) < 4.78 is 5.62. The minimum atomic E-state index is -0.497. The summed E-state index contributed by atoms with van der Waals surface area (Å²) in [5.41, 5.74) is 0.301. The number of carbonyl (C=O) groups excluding carboxylic acids is 1. The zero-order valence-corrected chi connectivity index (χ0v) is 12.5. The van der Waals surface area contributed by atoms with E-state index in [1.165, 1.54) is 6.07 Å². The van der Waals surface area contributed by atoms with Gasteiger partial charge < -0.3 is 4.74 Å². The van der Waals surface area contributed by atoms with Crippen molar-refractivity contribution in [3.8, 4) is 0 Å². The molecule has 0 radical (unpaired) electrons. The Morgan fingerprint density at radius 3 is 2.75 bits per heavy atom. The monoisotopic (exact) mass is 342 g/mol. The van der Waals surface area contributed by atoms with Gasteiger partial charge in [0.25, 0.3) is 5.69 Å². The topological polar surface area (TPSA) is 72.7 Å². The van der Waals surface area contributed by atoms with Crippen LogP contribution in [0.2, 0.25) is 0 Å². The third-order valence-electron chi connectivity index (χ3n) is 3.22. The molecular weight excluding hydrogens is 328 g/mol. The van der Waals surface area contributed by atoms with E-state index in [-0.39, 0.29) is 11.5 Å². The molecule has 6 nitrogen and oxygen atoms in total. The van der Waals surface area contributed by atoms with Crippen LogP contribution in [0, 0.1) is 10.1 Å². The summed E-state index contributed by atoms with van der Waals surface area (Å²) in [6.45, 7) is 3.70. The van der Waals surface area contributed by atoms with Gasteiger partial charge >= 0.3 is 0 Å². The van der Waals surface area contributed by atoms with Gasteiger partial charge in [-0.05, 0) is 28.1 Å². The third kappa shape index (κ3) is 3.84. The molecule has 7 heteroatoms. The summed E-state index contributed by atoms with van der Waals surface area (Å²) >= 11 is 3.11. The van der Waals surface area contributed by atoms with Crippen LogP contribution in [0.3, 0.4) is 0 Å². The van der Waals surface area contributed by atoms with Gasteiger partial charge in [-0.1, -0.05) is 0 Å². The van der Waals surface area contributed by atoms with Crippen molar-refractivity contribution < 1.29 is 14.5 Å². The van der Waals surface area contributed by atoms with Crippen molar-refractivity contribution in [3.63, 3.8) is 0 Å². The summed E-state index contributed by atoms with van der Waals surface area (Å²) in [6.07, 6.45) is 0.360. The number of halogens is 1. The Morgan fingerprint density at radius 1 is 1.40 bits per heavy atom. The summed E-state index contributed by atoms with van der Waals surface area (Å²) in [5.74, 6) is -0.0768. The van der Waals surface area contributed by atoms with Crippen molar-refractivity contribution in [2.75, 3.05) is 32.8 Å². The Labute approximate surface area is 125 Å². The predicted octanol–water partition coefficient (Wildman–Crippen LogP) is 2.26. The molecule has 0 aromatic heterocycles. The quantitative estimate of drug-likeness (QED) is 0.466. The van der Waals surface area contributed by atoms with Crippen LogP contribution in [0.1, 0.15) is 16.8 Å². The molecule has 1 aromatic carbocycles. The maximum absolute atomic E-state index is 12.1. The number of Topliss-reactive ketones (excluding diaryl/α,β-unsaturated/α-hetero) is 1. The van der Waals surface area contributed by atoms with E-state index in [4.69, 9.17) is 4.74 Å². The highest BCUT2D eigenvalue weighted by Crippen LogP contribution is 2.26. The first-order valence-electron chi connectivity index (χ1n) is 6.35. The van der Waals surface area contributed by atoms with Gasteiger partial charge in [-0.3, -0.25) is 19.8 Å². The third-order valence-corrected chi connectivity index (χ3v) is 3.89. The average molecular weight is 343 g/mol. The molecule has 0 unspecified atom stereocenters. The zero-order valence-electron chi connectivity index (χ0n) is 10.9. The molecule has 0 bridgehead atoms. The highest BCUT2D eigenvalue weighted by atomic mass is 79.9. The number of ether oxygens (including phenoxy) is 1. The molecule has 1 aromatic rings. The average Bonchev–Trinajstić information content (AvgIpc) is 2.46. The van der Waals surface area contributed by atoms with Gasteiger partial charge in [0.1, 0.15) is 0 Å². The molecule has 0 atom stereocenters. The lowest BCUT2D eigenvalue weighted by molar-refractivity contribution is -0.385. The van der Waals surface area contributed by atoms with Crippen molar-refractivity contribution in [2.24, 2.45) is 0 Å². The van der Waals surface area contributed by atoms with E-state index >= 15 is 0 Å². The van der Waals surface area contributed by atoms with Crippen LogP contribution in [0.25, 0.3) is 0 Å². The van der Waals surface area contributed by atoms with E-state index in [2.05, 4.69) is 20.8 Å². The smallest absolute Gasteiger partial charge is 0.284 e. The van der Waals surface area contributed by atoms with Gasteiger partial charge in [-0.15, -0.1) is 0 Å². The van der Waals surface area contributed by atoms with E-state index in [0.717, 1.165) is 13.1 Å². The number of ketones is 1. The Bertz CT molecular complexity index is 515. The standard InChI is InChI=1S/C13H15BrN2O4/c14-11-2-1-10(9-12(11)16(18)19)13(17)3-4-15-5-7-20-8-6-15/h1-2,9H,3-8H2. The highest BCUT2D eigenvalue weighted by molar-refractivity contribution is 9.10. The number of nitro groups is 1. The van der Waals surface area contributed by atoms with Crippen molar-refractivity contribution >= 4 is 27.4 Å². The van der Waals surface area contributed by atoms with Crippen LogP contribution >= 0.6 is 15.9 Å². The number of hydrogen-bond donors (Lipinski definition) is 0. The SMILES string of the molecule is O=C(CCN1CCOCC1)c1ccc(Br)c([N+](=O)[O-])c1. The minimum absolute atomic E-state index is 0.0768. The Balaban J connectivity index is 1.98. The Kier molecular flexibility index (Phi) is 5.22. The van der Waals surface area contributed by atoms with Crippen molar-refractivity contribution in [1.82, 2.24) is 4.90 Å². The summed E-state index contributed by atoms with van der Waals surface area (Å²) in [4.78, 5) is 24.6. The van der Waals surface area contributed by atoms with Crippen LogP contribution in [-0.2, 0) is 4.74 Å². The van der Waals surface area contributed by atoms with E-state index in [1.54, 1.807) is 12.1 Å². The summed E-state index contributed by atoms with van der Waals surface area (Å²) in [6, 6.07) is 4.48. The number of rotatable bonds is 5. The summed E-state index contributed by atoms with van der Waals surface area (Å²) in [5, 5.41) is 10.8. The van der Waals surface area contributed by atoms with Crippen LogP contribution in [-0.4, -0.2) is 48.5 Å². The van der Waals surface area contributed by atoms with Gasteiger partial charge in [-0.25, -0.2) is 0 Å². The number of morpholine rings is 1. The molecule has 1 heterocycles. The zero-order chi connectivity index (χ0) is 14.5. The molecule has 0 amide bonds. The second kappa shape index (κ2) is 6.92. The van der Waals surface area contributed by atoms with Crippen LogP contribution in [0.5, 0.6) is 0 Å². The molecule has 108 valence electrons. The van der Waals surface area contributed by atoms with E-state index < -0.39 is 4.92 Å². The van der Waals surface area contributed by atoms with E-state index in [9.17, 15) is 14.9 Å². The second-order valence-electron chi connectivity index (χ2n) is 4.55. The van der Waals surface area contributed by atoms with Crippen molar-refractivity contribution in [1.29, 1.82) is 0 Å². The first kappa shape index (κ1) is 15.1. The molecule has 1 fully saturated rings. The largest absolute Gasteiger partial charge is 0.379 e. The van der Waals surface area contributed by atoms with Crippen molar-refractivity contribution in [3.05, 3.63) is 38.3 Å². The van der Waals surface area contributed by atoms with Gasteiger partial charge in [0.2, 0.25) is 0 Å². The Morgan fingerprint density at radius 2 is 2.10 bits per heavy atom. The first-order valence-corrected chi connectivity index (χ1v) is 7.14.